The lowest BCUT2D eigenvalue weighted by atomic mass is 9.96. The summed E-state index contributed by atoms with van der Waals surface area (Å²) < 4.78 is 0. The van der Waals surface area contributed by atoms with E-state index in [2.05, 4.69) is 76.5 Å². The average molecular weight is 373 g/mol. The molecule has 3 heteroatoms. The van der Waals surface area contributed by atoms with Crippen molar-refractivity contribution in [3.8, 4) is 5.75 Å². The van der Waals surface area contributed by atoms with Crippen LogP contribution in [0.2, 0.25) is 0 Å². The molecule has 1 aliphatic heterocycles. The fourth-order valence-electron chi connectivity index (χ4n) is 4.11. The fraction of sp³-hybridized carbons (Fsp3) is 0.280. The van der Waals surface area contributed by atoms with Gasteiger partial charge in [-0.25, -0.2) is 0 Å². The first kappa shape index (κ1) is 18.7. The van der Waals surface area contributed by atoms with Gasteiger partial charge in [-0.05, 0) is 35.2 Å². The lowest BCUT2D eigenvalue weighted by Gasteiger charge is -2.39. The van der Waals surface area contributed by atoms with Crippen LogP contribution in [0.25, 0.3) is 0 Å². The molecule has 1 aliphatic rings. The molecule has 3 nitrogen and oxygen atoms in total. The molecule has 1 fully saturated rings. The maximum atomic E-state index is 9.86. The van der Waals surface area contributed by atoms with Crippen molar-refractivity contribution in [3.63, 3.8) is 0 Å². The summed E-state index contributed by atoms with van der Waals surface area (Å²) in [6, 6.07) is 29.5. The topological polar surface area (TPSA) is 26.7 Å². The Morgan fingerprint density at radius 3 is 2.04 bits per heavy atom. The number of phenols is 1. The fourth-order valence-corrected chi connectivity index (χ4v) is 4.11. The zero-order valence-electron chi connectivity index (χ0n) is 16.2. The number of hydrogen-bond donors (Lipinski definition) is 1. The number of piperazine rings is 1. The quantitative estimate of drug-likeness (QED) is 0.690. The number of phenolic OH excluding ortho intramolecular Hbond substituents is 1. The Hall–Kier alpha value is -2.62. The van der Waals surface area contributed by atoms with E-state index in [1.165, 1.54) is 16.7 Å². The Kier molecular flexibility index (Phi) is 6.05. The minimum absolute atomic E-state index is 0.335. The van der Waals surface area contributed by atoms with Crippen molar-refractivity contribution in [1.29, 1.82) is 0 Å². The van der Waals surface area contributed by atoms with Gasteiger partial charge in [0.15, 0.2) is 0 Å². The van der Waals surface area contributed by atoms with E-state index in [-0.39, 0.29) is 0 Å². The van der Waals surface area contributed by atoms with Gasteiger partial charge in [0, 0.05) is 38.8 Å². The second-order valence-corrected chi connectivity index (χ2v) is 7.60. The van der Waals surface area contributed by atoms with Crippen molar-refractivity contribution in [2.75, 3.05) is 26.2 Å². The molecule has 0 aliphatic carbocycles. The second-order valence-electron chi connectivity index (χ2n) is 7.60. The van der Waals surface area contributed by atoms with Crippen LogP contribution in [-0.4, -0.2) is 41.1 Å². The molecule has 1 unspecified atom stereocenters. The summed E-state index contributed by atoms with van der Waals surface area (Å²) in [6.07, 6.45) is 0.914. The highest BCUT2D eigenvalue weighted by Gasteiger charge is 2.25. The van der Waals surface area contributed by atoms with Crippen LogP contribution in [0, 0.1) is 0 Å². The molecule has 3 aromatic carbocycles. The van der Waals surface area contributed by atoms with Crippen LogP contribution in [0.15, 0.2) is 84.9 Å². The molecule has 1 heterocycles. The van der Waals surface area contributed by atoms with Gasteiger partial charge in [0.05, 0.1) is 0 Å². The van der Waals surface area contributed by atoms with Gasteiger partial charge in [-0.1, -0.05) is 72.8 Å². The van der Waals surface area contributed by atoms with Crippen LogP contribution in [0.5, 0.6) is 5.75 Å². The number of nitrogens with zero attached hydrogens (tertiary/aromatic N) is 2. The zero-order valence-corrected chi connectivity index (χ0v) is 16.2. The highest BCUT2D eigenvalue weighted by Crippen LogP contribution is 2.27. The molecule has 28 heavy (non-hydrogen) atoms. The van der Waals surface area contributed by atoms with E-state index in [4.69, 9.17) is 0 Å². The summed E-state index contributed by atoms with van der Waals surface area (Å²) in [5.41, 5.74) is 3.92. The van der Waals surface area contributed by atoms with Crippen molar-refractivity contribution in [1.82, 2.24) is 9.80 Å². The molecule has 1 atom stereocenters. The van der Waals surface area contributed by atoms with Crippen LogP contribution >= 0.6 is 0 Å². The van der Waals surface area contributed by atoms with Crippen LogP contribution < -0.4 is 0 Å². The summed E-state index contributed by atoms with van der Waals surface area (Å²) in [5.74, 6) is 0.344. The molecular weight excluding hydrogens is 344 g/mol. The molecule has 4 rings (SSSR count). The lowest BCUT2D eigenvalue weighted by molar-refractivity contribution is 0.0911. The Morgan fingerprint density at radius 1 is 0.714 bits per heavy atom. The minimum Gasteiger partial charge on any atom is -0.508 e. The third kappa shape index (κ3) is 4.80. The lowest BCUT2D eigenvalue weighted by Crippen LogP contribution is -2.47. The first-order valence-electron chi connectivity index (χ1n) is 10.1. The summed E-state index contributed by atoms with van der Waals surface area (Å²) in [7, 11) is 0. The van der Waals surface area contributed by atoms with Gasteiger partial charge in [-0.15, -0.1) is 0 Å². The van der Waals surface area contributed by atoms with E-state index in [1.54, 1.807) is 6.07 Å². The SMILES string of the molecule is Oc1cccc(CC(c2ccccc2)N2CCN(Cc3ccccc3)CC2)c1. The molecule has 1 saturated heterocycles. The summed E-state index contributed by atoms with van der Waals surface area (Å²) in [4.78, 5) is 5.14. The van der Waals surface area contributed by atoms with Gasteiger partial charge >= 0.3 is 0 Å². The maximum Gasteiger partial charge on any atom is 0.115 e. The molecule has 0 aromatic heterocycles. The van der Waals surface area contributed by atoms with Crippen LogP contribution in [0.4, 0.5) is 0 Å². The molecule has 0 amide bonds. The predicted molar refractivity (Wildman–Crippen MR) is 114 cm³/mol. The Balaban J connectivity index is 1.45. The van der Waals surface area contributed by atoms with Crippen molar-refractivity contribution in [2.24, 2.45) is 0 Å². The third-order valence-corrected chi connectivity index (χ3v) is 5.62. The van der Waals surface area contributed by atoms with Gasteiger partial charge in [-0.3, -0.25) is 9.80 Å². The van der Waals surface area contributed by atoms with E-state index in [9.17, 15) is 5.11 Å². The molecule has 3 aromatic rings. The minimum atomic E-state index is 0.335. The number of hydrogen-bond acceptors (Lipinski definition) is 3. The molecule has 0 bridgehead atoms. The molecule has 0 radical (unpaired) electrons. The van der Waals surface area contributed by atoms with E-state index in [0.29, 0.717) is 11.8 Å². The molecule has 0 spiro atoms. The van der Waals surface area contributed by atoms with E-state index in [0.717, 1.165) is 39.1 Å². The smallest absolute Gasteiger partial charge is 0.115 e. The van der Waals surface area contributed by atoms with Crippen molar-refractivity contribution in [3.05, 3.63) is 102 Å². The summed E-state index contributed by atoms with van der Waals surface area (Å²) in [5, 5.41) is 9.86. The van der Waals surface area contributed by atoms with Gasteiger partial charge in [-0.2, -0.15) is 0 Å². The second kappa shape index (κ2) is 9.05. The Morgan fingerprint density at radius 2 is 1.36 bits per heavy atom. The molecule has 0 saturated carbocycles. The van der Waals surface area contributed by atoms with E-state index < -0.39 is 0 Å². The predicted octanol–water partition coefficient (Wildman–Crippen LogP) is 4.49. The highest BCUT2D eigenvalue weighted by molar-refractivity contribution is 5.30. The molecule has 1 N–H and O–H groups in total. The first-order chi connectivity index (χ1) is 13.8. The van der Waals surface area contributed by atoms with Crippen LogP contribution in [-0.2, 0) is 13.0 Å². The Bertz CT molecular complexity index is 858. The maximum absolute atomic E-state index is 9.86. The standard InChI is InChI=1S/C25H28N2O/c28-24-13-7-10-22(18-24)19-25(23-11-5-2-6-12-23)27-16-14-26(15-17-27)20-21-8-3-1-4-9-21/h1-13,18,25,28H,14-17,19-20H2. The van der Waals surface area contributed by atoms with Crippen LogP contribution in [0.3, 0.4) is 0 Å². The van der Waals surface area contributed by atoms with Gasteiger partial charge in [0.1, 0.15) is 5.75 Å². The Labute approximate surface area is 167 Å². The number of aromatic hydroxyl groups is 1. The van der Waals surface area contributed by atoms with Gasteiger partial charge < -0.3 is 5.11 Å². The highest BCUT2D eigenvalue weighted by atomic mass is 16.3. The monoisotopic (exact) mass is 372 g/mol. The van der Waals surface area contributed by atoms with Gasteiger partial charge in [0.25, 0.3) is 0 Å². The van der Waals surface area contributed by atoms with Crippen molar-refractivity contribution >= 4 is 0 Å². The first-order valence-corrected chi connectivity index (χ1v) is 10.1. The van der Waals surface area contributed by atoms with Crippen molar-refractivity contribution in [2.45, 2.75) is 19.0 Å². The van der Waals surface area contributed by atoms with Gasteiger partial charge in [0.2, 0.25) is 0 Å². The third-order valence-electron chi connectivity index (χ3n) is 5.62. The molecular formula is C25H28N2O. The molecule has 144 valence electrons. The number of benzene rings is 3. The van der Waals surface area contributed by atoms with E-state index in [1.807, 2.05) is 12.1 Å². The van der Waals surface area contributed by atoms with E-state index >= 15 is 0 Å². The summed E-state index contributed by atoms with van der Waals surface area (Å²) >= 11 is 0. The van der Waals surface area contributed by atoms with Crippen LogP contribution in [0.1, 0.15) is 22.7 Å². The van der Waals surface area contributed by atoms with Crippen molar-refractivity contribution < 1.29 is 5.11 Å². The number of rotatable bonds is 6. The summed E-state index contributed by atoms with van der Waals surface area (Å²) in [6.45, 7) is 5.31. The normalized spacial score (nSPS) is 16.7. The zero-order chi connectivity index (χ0) is 19.2. The largest absolute Gasteiger partial charge is 0.508 e. The average Bonchev–Trinajstić information content (AvgIpc) is 2.74.